The van der Waals surface area contributed by atoms with Crippen molar-refractivity contribution < 1.29 is 0 Å². The Kier molecular flexibility index (Phi) is 12.1. The summed E-state index contributed by atoms with van der Waals surface area (Å²) < 4.78 is 0. The molecule has 2 heteroatoms. The molecule has 0 bridgehead atoms. The Morgan fingerprint density at radius 2 is 1.73 bits per heavy atom. The van der Waals surface area contributed by atoms with Crippen LogP contribution in [0, 0.1) is 17.8 Å². The van der Waals surface area contributed by atoms with Gasteiger partial charge in [-0.05, 0) is 139 Å². The minimum absolute atomic E-state index is 0.385. The zero-order chi connectivity index (χ0) is 34.0. The number of benzene rings is 1. The van der Waals surface area contributed by atoms with Crippen molar-refractivity contribution in [2.45, 2.75) is 97.9 Å². The lowest BCUT2D eigenvalue weighted by atomic mass is 9.80. The normalized spacial score (nSPS) is 23.6. The van der Waals surface area contributed by atoms with Gasteiger partial charge in [-0.1, -0.05) is 124 Å². The molecule has 0 fully saturated rings. The molecule has 4 unspecified atom stereocenters. The van der Waals surface area contributed by atoms with Crippen molar-refractivity contribution in [2.75, 3.05) is 6.54 Å². The van der Waals surface area contributed by atoms with E-state index in [1.165, 1.54) is 56.8 Å². The third kappa shape index (κ3) is 8.77. The first-order valence-corrected chi connectivity index (χ1v) is 19.2. The Morgan fingerprint density at radius 3 is 2.41 bits per heavy atom. The van der Waals surface area contributed by atoms with Gasteiger partial charge in [-0.25, -0.2) is 0 Å². The van der Waals surface area contributed by atoms with Crippen LogP contribution in [0.3, 0.4) is 0 Å². The van der Waals surface area contributed by atoms with Gasteiger partial charge in [0.1, 0.15) is 0 Å². The van der Waals surface area contributed by atoms with E-state index >= 15 is 0 Å². The van der Waals surface area contributed by atoms with Crippen molar-refractivity contribution in [1.29, 1.82) is 0 Å². The third-order valence-corrected chi connectivity index (χ3v) is 11.4. The number of hydrogen-bond acceptors (Lipinski definition) is 2. The van der Waals surface area contributed by atoms with Gasteiger partial charge < -0.3 is 10.6 Å². The molecule has 0 saturated carbocycles. The van der Waals surface area contributed by atoms with Crippen LogP contribution < -0.4 is 21.1 Å². The fraction of sp³-hybridized carbons (Fsp3) is 0.404. The van der Waals surface area contributed by atoms with E-state index in [0.29, 0.717) is 17.9 Å². The largest absolute Gasteiger partial charge is 0.384 e. The van der Waals surface area contributed by atoms with Gasteiger partial charge in [-0.3, -0.25) is 0 Å². The summed E-state index contributed by atoms with van der Waals surface area (Å²) in [7, 11) is 0. The van der Waals surface area contributed by atoms with Crippen molar-refractivity contribution in [3.05, 3.63) is 153 Å². The van der Waals surface area contributed by atoms with E-state index in [1.807, 2.05) is 0 Å². The number of nitrogens with one attached hydrogen (secondary N) is 2. The van der Waals surface area contributed by atoms with Crippen LogP contribution in [0.15, 0.2) is 143 Å². The lowest BCUT2D eigenvalue weighted by molar-refractivity contribution is 0.519. The monoisotopic (exact) mass is 650 g/mol. The maximum absolute atomic E-state index is 3.82. The molecular weight excluding hydrogens is 593 g/mol. The van der Waals surface area contributed by atoms with Crippen LogP contribution in [0.2, 0.25) is 0 Å². The lowest BCUT2D eigenvalue weighted by Crippen LogP contribution is -2.34. The fourth-order valence-electron chi connectivity index (χ4n) is 8.09. The number of rotatable bonds is 13. The highest BCUT2D eigenvalue weighted by Gasteiger charge is 2.22. The summed E-state index contributed by atoms with van der Waals surface area (Å²) in [4.78, 5) is 0. The highest BCUT2D eigenvalue weighted by molar-refractivity contribution is 5.73. The van der Waals surface area contributed by atoms with Crippen LogP contribution in [-0.4, -0.2) is 12.6 Å². The molecule has 0 spiro atoms. The molecule has 4 aliphatic carbocycles. The molecule has 0 aromatic heterocycles. The molecule has 2 nitrogen and oxygen atoms in total. The maximum atomic E-state index is 3.82. The highest BCUT2D eigenvalue weighted by Crippen LogP contribution is 2.34. The second kappa shape index (κ2) is 17.1. The van der Waals surface area contributed by atoms with Crippen LogP contribution >= 0.6 is 0 Å². The van der Waals surface area contributed by atoms with E-state index in [0.717, 1.165) is 63.8 Å². The van der Waals surface area contributed by atoms with Crippen LogP contribution in [0.25, 0.3) is 11.1 Å². The fourth-order valence-corrected chi connectivity index (χ4v) is 8.09. The molecule has 0 radical (unpaired) electrons. The molecule has 4 atom stereocenters. The number of hydrogen-bond donors (Lipinski definition) is 2. The van der Waals surface area contributed by atoms with Gasteiger partial charge >= 0.3 is 0 Å². The SMILES string of the molecule is C/C=C(\CC(C)CC)C1=CC=C(/C(=C/CC(C)C2=c3ccccc3=C(C3=CCC(C4C=CC=CN4)C=C3)CC2)CNC2=CC=CCC2)CC1. The Bertz CT molecular complexity index is 1790. The van der Waals surface area contributed by atoms with E-state index in [1.54, 1.807) is 11.1 Å². The summed E-state index contributed by atoms with van der Waals surface area (Å²) in [5.41, 5.74) is 12.0. The number of dihydropyridines is 1. The molecule has 0 saturated heterocycles. The quantitative estimate of drug-likeness (QED) is 0.222. The summed E-state index contributed by atoms with van der Waals surface area (Å²) in [5, 5.41) is 10.2. The van der Waals surface area contributed by atoms with E-state index in [4.69, 9.17) is 0 Å². The minimum Gasteiger partial charge on any atom is -0.384 e. The molecule has 5 aliphatic rings. The number of fused-ring (bicyclic) bond motifs is 1. The summed E-state index contributed by atoms with van der Waals surface area (Å²) in [5.74, 6) is 1.73. The summed E-state index contributed by atoms with van der Waals surface area (Å²) in [6.45, 7) is 10.3. The van der Waals surface area contributed by atoms with Crippen LogP contribution in [0.1, 0.15) is 91.9 Å². The summed E-state index contributed by atoms with van der Waals surface area (Å²) >= 11 is 0. The predicted molar refractivity (Wildman–Crippen MR) is 212 cm³/mol. The molecule has 0 amide bonds. The Hall–Kier alpha value is -4.04. The Labute approximate surface area is 296 Å². The second-order valence-electron chi connectivity index (χ2n) is 14.7. The van der Waals surface area contributed by atoms with Gasteiger partial charge in [0.05, 0.1) is 6.04 Å². The third-order valence-electron chi connectivity index (χ3n) is 11.4. The van der Waals surface area contributed by atoms with Crippen molar-refractivity contribution in [3.8, 4) is 0 Å². The standard InChI is InChI=1S/C47H58N2/c1-5-34(3)32-36(6-2)37-21-23-38(24-22-37)41(33-49-42-14-8-7-9-15-42)20-19-35(4)43-29-30-44(46-17-11-10-16-45(43)46)39-25-27-40(28-26-39)47-18-12-13-31-48-47/h6-8,10-14,16-18,20-21,23,25-27,31,34-35,40,47-49H,5,9,15,19,22,24,28-30,32-33H2,1-4H3/b36-6+,41-20+. The highest BCUT2D eigenvalue weighted by atomic mass is 14.9. The van der Waals surface area contributed by atoms with Crippen molar-refractivity contribution in [1.82, 2.24) is 10.6 Å². The average Bonchev–Trinajstić information content (AvgIpc) is 3.17. The first-order valence-electron chi connectivity index (χ1n) is 19.2. The minimum atomic E-state index is 0.385. The smallest absolute Gasteiger partial charge is 0.0507 e. The zero-order valence-electron chi connectivity index (χ0n) is 30.5. The Morgan fingerprint density at radius 1 is 0.918 bits per heavy atom. The molecule has 1 aromatic carbocycles. The van der Waals surface area contributed by atoms with Gasteiger partial charge in [-0.15, -0.1) is 0 Å². The molecule has 1 aromatic rings. The number of allylic oxidation sites excluding steroid dienone is 15. The van der Waals surface area contributed by atoms with Crippen molar-refractivity contribution in [3.63, 3.8) is 0 Å². The first-order chi connectivity index (χ1) is 24.0. The first kappa shape index (κ1) is 34.8. The van der Waals surface area contributed by atoms with Gasteiger partial charge in [0.2, 0.25) is 0 Å². The average molecular weight is 651 g/mol. The van der Waals surface area contributed by atoms with Gasteiger partial charge in [-0.2, -0.15) is 0 Å². The van der Waals surface area contributed by atoms with Crippen LogP contribution in [-0.2, 0) is 0 Å². The molecule has 2 N–H and O–H groups in total. The van der Waals surface area contributed by atoms with E-state index in [9.17, 15) is 0 Å². The molecule has 6 rings (SSSR count). The van der Waals surface area contributed by atoms with Gasteiger partial charge in [0.15, 0.2) is 0 Å². The van der Waals surface area contributed by atoms with Gasteiger partial charge in [0.25, 0.3) is 0 Å². The second-order valence-corrected chi connectivity index (χ2v) is 14.7. The van der Waals surface area contributed by atoms with Crippen LogP contribution in [0.5, 0.6) is 0 Å². The van der Waals surface area contributed by atoms with E-state index in [2.05, 4.69) is 148 Å². The van der Waals surface area contributed by atoms with E-state index in [-0.39, 0.29) is 0 Å². The van der Waals surface area contributed by atoms with Crippen molar-refractivity contribution in [2.24, 2.45) is 17.8 Å². The molecule has 256 valence electrons. The molecule has 1 aliphatic heterocycles. The summed E-state index contributed by atoms with van der Waals surface area (Å²) in [6, 6.07) is 9.59. The maximum Gasteiger partial charge on any atom is 0.0507 e. The van der Waals surface area contributed by atoms with Gasteiger partial charge in [0, 0.05) is 18.2 Å². The lowest BCUT2D eigenvalue weighted by Gasteiger charge is -2.27. The summed E-state index contributed by atoms with van der Waals surface area (Å²) in [6.07, 6.45) is 43.7. The molecular formula is C47H58N2. The Balaban J connectivity index is 1.24. The predicted octanol–water partition coefficient (Wildman–Crippen LogP) is 10.1. The van der Waals surface area contributed by atoms with Crippen LogP contribution in [0.4, 0.5) is 0 Å². The molecule has 49 heavy (non-hydrogen) atoms. The zero-order valence-corrected chi connectivity index (χ0v) is 30.5. The van der Waals surface area contributed by atoms with E-state index < -0.39 is 0 Å². The van der Waals surface area contributed by atoms with Crippen molar-refractivity contribution >= 4 is 11.1 Å². The topological polar surface area (TPSA) is 24.1 Å². The molecule has 1 heterocycles.